The van der Waals surface area contributed by atoms with Gasteiger partial charge in [0.15, 0.2) is 0 Å². The Morgan fingerprint density at radius 2 is 2.14 bits per heavy atom. The Kier molecular flexibility index (Phi) is 4.96. The van der Waals surface area contributed by atoms with Crippen molar-refractivity contribution in [3.8, 4) is 0 Å². The van der Waals surface area contributed by atoms with Crippen LogP contribution in [0, 0.1) is 0 Å². The van der Waals surface area contributed by atoms with Gasteiger partial charge in [-0.3, -0.25) is 4.90 Å². The van der Waals surface area contributed by atoms with Crippen LogP contribution in [0.15, 0.2) is 15.7 Å². The molecular formula is C16H26N2OS2. The number of hydrogen-bond acceptors (Lipinski definition) is 5. The molecular weight excluding hydrogens is 300 g/mol. The molecule has 2 aliphatic rings. The maximum atomic E-state index is 5.48. The highest BCUT2D eigenvalue weighted by Crippen LogP contribution is 2.43. The van der Waals surface area contributed by atoms with Crippen LogP contribution in [0.3, 0.4) is 0 Å². The number of nitrogens with zero attached hydrogens (tertiary/aromatic N) is 1. The molecule has 0 amide bonds. The van der Waals surface area contributed by atoms with Gasteiger partial charge in [-0.15, -0.1) is 23.1 Å². The molecule has 0 bridgehead atoms. The van der Waals surface area contributed by atoms with Crippen molar-refractivity contribution in [2.45, 2.75) is 48.2 Å². The Labute approximate surface area is 136 Å². The zero-order valence-corrected chi connectivity index (χ0v) is 14.9. The van der Waals surface area contributed by atoms with Crippen molar-refractivity contribution < 1.29 is 4.74 Å². The first kappa shape index (κ1) is 15.8. The van der Waals surface area contributed by atoms with Crippen LogP contribution in [0.1, 0.15) is 38.8 Å². The highest BCUT2D eigenvalue weighted by atomic mass is 32.2. The van der Waals surface area contributed by atoms with E-state index in [1.807, 2.05) is 23.1 Å². The molecule has 5 heteroatoms. The van der Waals surface area contributed by atoms with E-state index < -0.39 is 0 Å². The summed E-state index contributed by atoms with van der Waals surface area (Å²) < 4.78 is 6.99. The van der Waals surface area contributed by atoms with Gasteiger partial charge in [0, 0.05) is 36.5 Å². The maximum Gasteiger partial charge on any atom is 0.0649 e. The van der Waals surface area contributed by atoms with Gasteiger partial charge in [0.25, 0.3) is 0 Å². The lowest BCUT2D eigenvalue weighted by Gasteiger charge is -2.42. The van der Waals surface area contributed by atoms with Gasteiger partial charge in [-0.25, -0.2) is 0 Å². The standard InChI is InChI=1S/C16H26N2OS2/c1-12-10-14(13-4-9-20-15(13)21-12)17-11-16(2,3)18-5-7-19-8-6-18/h4,9,12,14,17H,5-8,10-11H2,1-3H3/t12-,14?/m0/s1. The van der Waals surface area contributed by atoms with Crippen LogP contribution in [-0.2, 0) is 4.74 Å². The normalized spacial score (nSPS) is 27.6. The first-order chi connectivity index (χ1) is 10.1. The fourth-order valence-corrected chi connectivity index (χ4v) is 5.76. The summed E-state index contributed by atoms with van der Waals surface area (Å²) in [6.07, 6.45) is 1.23. The summed E-state index contributed by atoms with van der Waals surface area (Å²) in [6, 6.07) is 2.82. The highest BCUT2D eigenvalue weighted by molar-refractivity contribution is 8.01. The molecule has 1 unspecified atom stereocenters. The van der Waals surface area contributed by atoms with Gasteiger partial charge in [-0.05, 0) is 37.3 Å². The Bertz CT molecular complexity index is 469. The summed E-state index contributed by atoms with van der Waals surface area (Å²) >= 11 is 3.93. The molecule has 0 radical (unpaired) electrons. The average Bonchev–Trinajstić information content (AvgIpc) is 2.94. The molecule has 2 atom stereocenters. The number of ether oxygens (including phenoxy) is 1. The van der Waals surface area contributed by atoms with Crippen LogP contribution < -0.4 is 5.32 Å². The van der Waals surface area contributed by atoms with E-state index in [1.54, 1.807) is 0 Å². The molecule has 0 saturated carbocycles. The largest absolute Gasteiger partial charge is 0.379 e. The van der Waals surface area contributed by atoms with Crippen LogP contribution in [-0.4, -0.2) is 48.5 Å². The second-order valence-corrected chi connectivity index (χ2v) is 9.30. The van der Waals surface area contributed by atoms with Crippen LogP contribution >= 0.6 is 23.1 Å². The SMILES string of the molecule is C[C@H]1CC(NCC(C)(C)N2CCOCC2)c2ccsc2S1. The zero-order chi connectivity index (χ0) is 14.9. The summed E-state index contributed by atoms with van der Waals surface area (Å²) in [4.78, 5) is 2.55. The molecule has 21 heavy (non-hydrogen) atoms. The fraction of sp³-hybridized carbons (Fsp3) is 0.750. The van der Waals surface area contributed by atoms with E-state index in [1.165, 1.54) is 16.2 Å². The van der Waals surface area contributed by atoms with E-state index in [9.17, 15) is 0 Å². The molecule has 1 aromatic rings. The minimum Gasteiger partial charge on any atom is -0.379 e. The molecule has 3 heterocycles. The van der Waals surface area contributed by atoms with Gasteiger partial charge in [-0.2, -0.15) is 0 Å². The average molecular weight is 327 g/mol. The van der Waals surface area contributed by atoms with E-state index in [-0.39, 0.29) is 5.54 Å². The first-order valence-electron chi connectivity index (χ1n) is 7.86. The highest BCUT2D eigenvalue weighted by Gasteiger charge is 2.31. The molecule has 3 nitrogen and oxygen atoms in total. The third-order valence-corrected chi connectivity index (χ3v) is 6.90. The fourth-order valence-electron chi connectivity index (χ4n) is 3.20. The number of morpholine rings is 1. The third kappa shape index (κ3) is 3.64. The number of fused-ring (bicyclic) bond motifs is 1. The molecule has 1 N–H and O–H groups in total. The van der Waals surface area contributed by atoms with Gasteiger partial charge in [-0.1, -0.05) is 6.92 Å². The number of hydrogen-bond donors (Lipinski definition) is 1. The first-order valence-corrected chi connectivity index (χ1v) is 9.62. The predicted molar refractivity (Wildman–Crippen MR) is 91.5 cm³/mol. The minimum absolute atomic E-state index is 0.188. The smallest absolute Gasteiger partial charge is 0.0649 e. The number of nitrogens with one attached hydrogen (secondary N) is 1. The summed E-state index contributed by atoms with van der Waals surface area (Å²) in [6.45, 7) is 11.9. The van der Waals surface area contributed by atoms with Crippen molar-refractivity contribution in [1.82, 2.24) is 10.2 Å². The van der Waals surface area contributed by atoms with Crippen molar-refractivity contribution in [2.24, 2.45) is 0 Å². The van der Waals surface area contributed by atoms with Crippen LogP contribution in [0.25, 0.3) is 0 Å². The molecule has 0 aromatic carbocycles. The van der Waals surface area contributed by atoms with Gasteiger partial charge in [0.05, 0.1) is 17.4 Å². The molecule has 118 valence electrons. The second kappa shape index (κ2) is 6.59. The lowest BCUT2D eigenvalue weighted by molar-refractivity contribution is -0.0105. The Hall–Kier alpha value is -0.0700. The lowest BCUT2D eigenvalue weighted by atomic mass is 9.99. The third-order valence-electron chi connectivity index (χ3n) is 4.56. The van der Waals surface area contributed by atoms with E-state index in [2.05, 4.69) is 42.4 Å². The van der Waals surface area contributed by atoms with E-state index in [0.717, 1.165) is 32.8 Å². The van der Waals surface area contributed by atoms with Crippen molar-refractivity contribution >= 4 is 23.1 Å². The monoisotopic (exact) mass is 326 g/mol. The summed E-state index contributed by atoms with van der Waals surface area (Å²) in [5.74, 6) is 0. The lowest BCUT2D eigenvalue weighted by Crippen LogP contribution is -2.55. The Morgan fingerprint density at radius 1 is 1.38 bits per heavy atom. The summed E-state index contributed by atoms with van der Waals surface area (Å²) in [5.41, 5.74) is 1.70. The van der Waals surface area contributed by atoms with E-state index in [4.69, 9.17) is 4.74 Å². The molecule has 1 fully saturated rings. The van der Waals surface area contributed by atoms with E-state index in [0.29, 0.717) is 11.3 Å². The maximum absolute atomic E-state index is 5.48. The number of thioether (sulfide) groups is 1. The van der Waals surface area contributed by atoms with Crippen LogP contribution in [0.2, 0.25) is 0 Å². The van der Waals surface area contributed by atoms with Crippen molar-refractivity contribution in [2.75, 3.05) is 32.8 Å². The second-order valence-electron chi connectivity index (χ2n) is 6.67. The van der Waals surface area contributed by atoms with E-state index >= 15 is 0 Å². The number of rotatable bonds is 4. The molecule has 2 aliphatic heterocycles. The number of thiophene rings is 1. The molecule has 0 spiro atoms. The molecule has 1 saturated heterocycles. The molecule has 1 aromatic heterocycles. The molecule has 0 aliphatic carbocycles. The quantitative estimate of drug-likeness (QED) is 0.917. The van der Waals surface area contributed by atoms with Gasteiger partial charge < -0.3 is 10.1 Å². The van der Waals surface area contributed by atoms with Gasteiger partial charge in [0.1, 0.15) is 0 Å². The minimum atomic E-state index is 0.188. The topological polar surface area (TPSA) is 24.5 Å². The van der Waals surface area contributed by atoms with Gasteiger partial charge in [0.2, 0.25) is 0 Å². The van der Waals surface area contributed by atoms with Crippen molar-refractivity contribution in [3.05, 3.63) is 17.0 Å². The zero-order valence-electron chi connectivity index (χ0n) is 13.2. The summed E-state index contributed by atoms with van der Waals surface area (Å²) in [5, 5.41) is 6.78. The molecule has 3 rings (SSSR count). The van der Waals surface area contributed by atoms with Crippen LogP contribution in [0.4, 0.5) is 0 Å². The van der Waals surface area contributed by atoms with Crippen molar-refractivity contribution in [1.29, 1.82) is 0 Å². The Morgan fingerprint density at radius 3 is 2.90 bits per heavy atom. The van der Waals surface area contributed by atoms with Crippen molar-refractivity contribution in [3.63, 3.8) is 0 Å². The predicted octanol–water partition coefficient (Wildman–Crippen LogP) is 3.37. The Balaban J connectivity index is 1.62. The van der Waals surface area contributed by atoms with Crippen LogP contribution in [0.5, 0.6) is 0 Å². The summed E-state index contributed by atoms with van der Waals surface area (Å²) in [7, 11) is 0. The van der Waals surface area contributed by atoms with Gasteiger partial charge >= 0.3 is 0 Å².